The van der Waals surface area contributed by atoms with Gasteiger partial charge in [0.25, 0.3) is 5.91 Å². The van der Waals surface area contributed by atoms with E-state index in [0.29, 0.717) is 18.6 Å². The number of amides is 4. The average Bonchev–Trinajstić information content (AvgIpc) is 3.63. The van der Waals surface area contributed by atoms with Crippen LogP contribution in [0.1, 0.15) is 67.8 Å². The summed E-state index contributed by atoms with van der Waals surface area (Å²) < 4.78 is 5.05. The lowest BCUT2D eigenvalue weighted by atomic mass is 9.92. The van der Waals surface area contributed by atoms with Crippen LogP contribution in [0.2, 0.25) is 0 Å². The summed E-state index contributed by atoms with van der Waals surface area (Å²) in [6.45, 7) is 5.51. The molecule has 1 saturated carbocycles. The van der Waals surface area contributed by atoms with E-state index in [2.05, 4.69) is 32.5 Å². The first-order valence-corrected chi connectivity index (χ1v) is 15.0. The van der Waals surface area contributed by atoms with E-state index in [-0.39, 0.29) is 35.9 Å². The van der Waals surface area contributed by atoms with Gasteiger partial charge >= 0.3 is 0 Å². The highest BCUT2D eigenvalue weighted by Gasteiger charge is 2.39. The number of hydrogen-bond donors (Lipinski definition) is 4. The van der Waals surface area contributed by atoms with Crippen molar-refractivity contribution in [1.29, 1.82) is 5.26 Å². The van der Waals surface area contributed by atoms with E-state index in [1.165, 1.54) is 6.07 Å². The molecule has 0 bridgehead atoms. The monoisotopic (exact) mass is 598 g/mol. The quantitative estimate of drug-likeness (QED) is 0.249. The third-order valence-corrected chi connectivity index (χ3v) is 8.27. The van der Waals surface area contributed by atoms with Gasteiger partial charge in [0.2, 0.25) is 17.7 Å². The third kappa shape index (κ3) is 7.61. The fourth-order valence-corrected chi connectivity index (χ4v) is 5.88. The fourth-order valence-electron chi connectivity index (χ4n) is 5.88. The zero-order valence-electron chi connectivity index (χ0n) is 25.2. The van der Waals surface area contributed by atoms with Gasteiger partial charge in [-0.2, -0.15) is 5.26 Å². The summed E-state index contributed by atoms with van der Waals surface area (Å²) in [5, 5.41) is 26.9. The van der Waals surface area contributed by atoms with Crippen molar-refractivity contribution in [3.05, 3.63) is 65.5 Å². The predicted octanol–water partition coefficient (Wildman–Crippen LogP) is 3.08. The molecule has 1 saturated heterocycles. The van der Waals surface area contributed by atoms with Gasteiger partial charge < -0.3 is 25.8 Å². The maximum atomic E-state index is 13.9. The summed E-state index contributed by atoms with van der Waals surface area (Å²) in [5.41, 5.74) is 0.523. The molecule has 2 heterocycles. The number of carbonyl (C=O) groups excluding carboxylic acids is 4. The molecule has 4 atom stereocenters. The molecule has 0 spiro atoms. The number of nitriles is 1. The minimum Gasteiger partial charge on any atom is -0.361 e. The van der Waals surface area contributed by atoms with Crippen molar-refractivity contribution in [2.45, 2.75) is 83.0 Å². The summed E-state index contributed by atoms with van der Waals surface area (Å²) in [6, 6.07) is 14.3. The molecule has 5 rings (SSSR count). The number of carbonyl (C=O) groups is 4. The van der Waals surface area contributed by atoms with Crippen molar-refractivity contribution in [2.75, 3.05) is 0 Å². The largest absolute Gasteiger partial charge is 0.361 e. The molecule has 3 aromatic rings. The number of aromatic nitrogens is 1. The topological polar surface area (TPSA) is 166 Å². The number of aryl methyl sites for hydroxylation is 1. The fraction of sp³-hybridized carbons (Fsp3) is 0.455. The highest BCUT2D eigenvalue weighted by atomic mass is 16.5. The normalized spacial score (nSPS) is 19.3. The number of nitrogens with zero attached hydrogens (tertiary/aromatic N) is 2. The number of benzene rings is 2. The Morgan fingerprint density at radius 1 is 1.05 bits per heavy atom. The van der Waals surface area contributed by atoms with Gasteiger partial charge in [0.1, 0.15) is 23.9 Å². The second-order valence-corrected chi connectivity index (χ2v) is 12.6. The molecule has 4 amide bonds. The number of rotatable bonds is 12. The lowest BCUT2D eigenvalue weighted by molar-refractivity contribution is -0.130. The van der Waals surface area contributed by atoms with Gasteiger partial charge in [-0.15, -0.1) is 0 Å². The van der Waals surface area contributed by atoms with Crippen LogP contribution in [0.4, 0.5) is 0 Å². The molecule has 4 N–H and O–H groups in total. The first-order chi connectivity index (χ1) is 21.0. The second kappa shape index (κ2) is 12.9. The second-order valence-electron chi connectivity index (χ2n) is 12.6. The molecule has 1 aliphatic carbocycles. The van der Waals surface area contributed by atoms with Crippen LogP contribution in [0.15, 0.2) is 53.1 Å². The van der Waals surface area contributed by atoms with Gasteiger partial charge in [-0.3, -0.25) is 19.2 Å². The SMILES string of the molecule is Cc1cc(C(=O)N[C@@H](Cc2cccc3ccccc23)C(=O)N[C@@H](CC2CC2)C(=O)N[C@H](C#N)C[C@@H]2CC(C)(C)NC2=O)no1. The molecular weight excluding hydrogens is 560 g/mol. The van der Waals surface area contributed by atoms with Crippen LogP contribution in [0.3, 0.4) is 0 Å². The summed E-state index contributed by atoms with van der Waals surface area (Å²) >= 11 is 0. The van der Waals surface area contributed by atoms with E-state index >= 15 is 0 Å². The molecule has 11 heteroatoms. The third-order valence-electron chi connectivity index (χ3n) is 8.27. The zero-order chi connectivity index (χ0) is 31.4. The Bertz CT molecular complexity index is 1600. The maximum absolute atomic E-state index is 13.9. The van der Waals surface area contributed by atoms with Gasteiger partial charge in [-0.05, 0) is 62.3 Å². The number of fused-ring (bicyclic) bond motifs is 1. The first kappa shape index (κ1) is 30.7. The molecule has 0 radical (unpaired) electrons. The smallest absolute Gasteiger partial charge is 0.274 e. The van der Waals surface area contributed by atoms with E-state index in [1.54, 1.807) is 6.92 Å². The maximum Gasteiger partial charge on any atom is 0.274 e. The van der Waals surface area contributed by atoms with E-state index in [1.807, 2.05) is 56.3 Å². The highest BCUT2D eigenvalue weighted by Crippen LogP contribution is 2.34. The van der Waals surface area contributed by atoms with E-state index < -0.39 is 41.8 Å². The van der Waals surface area contributed by atoms with Gasteiger partial charge in [0, 0.05) is 23.9 Å². The van der Waals surface area contributed by atoms with Gasteiger partial charge in [-0.1, -0.05) is 60.5 Å². The standard InChI is InChI=1S/C33H38N6O5/c1-19-13-28(39-44-19)32(43)37-27(16-22-9-6-8-21-7-4-5-10-25(21)22)31(42)36-26(14-20-11-12-20)30(41)35-24(18-34)15-23-17-33(2,3)38-29(23)40/h4-10,13,20,23-24,26-27H,11-12,14-17H2,1-3H3,(H,35,41)(H,36,42)(H,37,43)(H,38,40)/t23-,24+,26+,27+/m1/s1. The molecular formula is C33H38N6O5. The van der Waals surface area contributed by atoms with Crippen LogP contribution >= 0.6 is 0 Å². The molecule has 2 aliphatic rings. The Balaban J connectivity index is 1.33. The predicted molar refractivity (Wildman–Crippen MR) is 162 cm³/mol. The van der Waals surface area contributed by atoms with Crippen molar-refractivity contribution in [2.24, 2.45) is 11.8 Å². The lowest BCUT2D eigenvalue weighted by Gasteiger charge is -2.25. The molecule has 44 heavy (non-hydrogen) atoms. The van der Waals surface area contributed by atoms with Crippen LogP contribution in [-0.2, 0) is 20.8 Å². The van der Waals surface area contributed by atoms with E-state index in [4.69, 9.17) is 4.52 Å². The van der Waals surface area contributed by atoms with E-state index in [9.17, 15) is 24.4 Å². The Kier molecular flexibility index (Phi) is 8.99. The van der Waals surface area contributed by atoms with E-state index in [0.717, 1.165) is 29.2 Å². The highest BCUT2D eigenvalue weighted by molar-refractivity contribution is 5.98. The molecule has 1 aromatic heterocycles. The Labute approximate surface area is 256 Å². The van der Waals surface area contributed by atoms with Crippen molar-refractivity contribution >= 4 is 34.4 Å². The zero-order valence-corrected chi connectivity index (χ0v) is 25.2. The summed E-state index contributed by atoms with van der Waals surface area (Å²) in [5.74, 6) is -1.40. The number of nitrogens with one attached hydrogen (secondary N) is 4. The summed E-state index contributed by atoms with van der Waals surface area (Å²) in [6.07, 6.45) is 3.20. The van der Waals surface area contributed by atoms with Gasteiger partial charge in [0.15, 0.2) is 5.69 Å². The van der Waals surface area contributed by atoms with Crippen LogP contribution in [0.25, 0.3) is 10.8 Å². The van der Waals surface area contributed by atoms with Crippen molar-refractivity contribution in [1.82, 2.24) is 26.4 Å². The minimum atomic E-state index is -1.03. The average molecular weight is 599 g/mol. The molecule has 2 aromatic carbocycles. The van der Waals surface area contributed by atoms with Crippen molar-refractivity contribution in [3.63, 3.8) is 0 Å². The molecule has 1 aliphatic heterocycles. The van der Waals surface area contributed by atoms with Gasteiger partial charge in [-0.25, -0.2) is 0 Å². The molecule has 11 nitrogen and oxygen atoms in total. The summed E-state index contributed by atoms with van der Waals surface area (Å²) in [4.78, 5) is 52.9. The van der Waals surface area contributed by atoms with Crippen LogP contribution in [0, 0.1) is 30.1 Å². The molecule has 0 unspecified atom stereocenters. The number of hydrogen-bond acceptors (Lipinski definition) is 7. The first-order valence-electron chi connectivity index (χ1n) is 15.0. The Morgan fingerprint density at radius 2 is 1.77 bits per heavy atom. The van der Waals surface area contributed by atoms with Crippen LogP contribution in [-0.4, -0.2) is 52.4 Å². The Morgan fingerprint density at radius 3 is 2.43 bits per heavy atom. The molecule has 2 fully saturated rings. The van der Waals surface area contributed by atoms with Crippen LogP contribution in [0.5, 0.6) is 0 Å². The summed E-state index contributed by atoms with van der Waals surface area (Å²) in [7, 11) is 0. The Hall–Kier alpha value is -4.72. The molecule has 230 valence electrons. The van der Waals surface area contributed by atoms with Crippen molar-refractivity contribution in [3.8, 4) is 6.07 Å². The minimum absolute atomic E-state index is 0.0430. The van der Waals surface area contributed by atoms with Crippen molar-refractivity contribution < 1.29 is 23.7 Å². The lowest BCUT2D eigenvalue weighted by Crippen LogP contribution is -2.55. The van der Waals surface area contributed by atoms with Crippen LogP contribution < -0.4 is 21.3 Å². The van der Waals surface area contributed by atoms with Gasteiger partial charge in [0.05, 0.1) is 6.07 Å².